The van der Waals surface area contributed by atoms with Crippen molar-refractivity contribution >= 4 is 23.4 Å². The van der Waals surface area contributed by atoms with Gasteiger partial charge in [-0.25, -0.2) is 9.79 Å². The first kappa shape index (κ1) is 22.7. The van der Waals surface area contributed by atoms with E-state index in [4.69, 9.17) is 18.9 Å². The smallest absolute Gasteiger partial charge is 0.338 e. The van der Waals surface area contributed by atoms with Crippen LogP contribution in [0, 0.1) is 0 Å². The van der Waals surface area contributed by atoms with Gasteiger partial charge >= 0.3 is 5.97 Å². The Hall–Kier alpha value is -4.05. The second kappa shape index (κ2) is 8.95. The van der Waals surface area contributed by atoms with E-state index in [1.807, 2.05) is 0 Å². The first-order chi connectivity index (χ1) is 16.9. The molecule has 0 amide bonds. The molecule has 1 aromatic heterocycles. The molecule has 2 aliphatic heterocycles. The van der Waals surface area contributed by atoms with Crippen molar-refractivity contribution in [1.82, 2.24) is 4.57 Å². The Morgan fingerprint density at radius 2 is 2.06 bits per heavy atom. The zero-order valence-corrected chi connectivity index (χ0v) is 20.0. The summed E-state index contributed by atoms with van der Waals surface area (Å²) >= 11 is 1.20. The number of benzene rings is 2. The lowest BCUT2D eigenvalue weighted by Gasteiger charge is -2.24. The minimum absolute atomic E-state index is 0.0345. The predicted molar refractivity (Wildman–Crippen MR) is 128 cm³/mol. The molecule has 5 rings (SSSR count). The Kier molecular flexibility index (Phi) is 5.81. The Labute approximate surface area is 203 Å². The number of nitrogens with zero attached hydrogens (tertiary/aromatic N) is 2. The van der Waals surface area contributed by atoms with E-state index >= 15 is 0 Å². The van der Waals surface area contributed by atoms with Crippen molar-refractivity contribution in [1.29, 1.82) is 0 Å². The number of carbonyl (C=O) groups is 1. The molecule has 2 aromatic carbocycles. The van der Waals surface area contributed by atoms with E-state index < -0.39 is 12.0 Å². The van der Waals surface area contributed by atoms with Crippen molar-refractivity contribution in [2.75, 3.05) is 20.5 Å². The quantitative estimate of drug-likeness (QED) is 0.542. The van der Waals surface area contributed by atoms with Crippen LogP contribution in [0.15, 0.2) is 57.5 Å². The number of carbonyl (C=O) groups excluding carboxylic acids is 1. The monoisotopic (exact) mass is 494 g/mol. The van der Waals surface area contributed by atoms with Crippen LogP contribution in [0.5, 0.6) is 23.0 Å². The van der Waals surface area contributed by atoms with Crippen LogP contribution in [0.1, 0.15) is 31.0 Å². The molecule has 2 aliphatic rings. The van der Waals surface area contributed by atoms with Gasteiger partial charge in [-0.3, -0.25) is 9.36 Å². The number of allylic oxidation sites excluding steroid dienone is 1. The van der Waals surface area contributed by atoms with Gasteiger partial charge in [0.2, 0.25) is 6.79 Å². The minimum Gasteiger partial charge on any atom is -0.504 e. The average Bonchev–Trinajstić information content (AvgIpc) is 3.42. The number of fused-ring (bicyclic) bond motifs is 2. The summed E-state index contributed by atoms with van der Waals surface area (Å²) in [5.74, 6) is 0.898. The molecule has 0 aliphatic carbocycles. The Balaban J connectivity index is 1.70. The maximum absolute atomic E-state index is 13.6. The van der Waals surface area contributed by atoms with Gasteiger partial charge in [0.05, 0.1) is 35.6 Å². The molecule has 9 nitrogen and oxygen atoms in total. The molecule has 0 radical (unpaired) electrons. The fraction of sp³-hybridized carbons (Fsp3) is 0.240. The summed E-state index contributed by atoms with van der Waals surface area (Å²) in [4.78, 5) is 31.6. The normalized spacial score (nSPS) is 16.7. The van der Waals surface area contributed by atoms with E-state index in [0.717, 1.165) is 0 Å². The molecule has 1 N–H and O–H groups in total. The van der Waals surface area contributed by atoms with Gasteiger partial charge in [0.15, 0.2) is 27.8 Å². The Morgan fingerprint density at radius 3 is 2.80 bits per heavy atom. The number of aromatic hydroxyl groups is 1. The number of phenolic OH excluding ortho intramolecular Hbond substituents is 1. The van der Waals surface area contributed by atoms with Gasteiger partial charge in [0.25, 0.3) is 5.56 Å². The third-order valence-electron chi connectivity index (χ3n) is 5.73. The zero-order chi connectivity index (χ0) is 24.7. The van der Waals surface area contributed by atoms with Gasteiger partial charge in [-0.1, -0.05) is 23.5 Å². The molecular weight excluding hydrogens is 472 g/mol. The van der Waals surface area contributed by atoms with Gasteiger partial charge in [-0.15, -0.1) is 0 Å². The molecule has 0 saturated heterocycles. The van der Waals surface area contributed by atoms with Gasteiger partial charge in [-0.2, -0.15) is 0 Å². The van der Waals surface area contributed by atoms with Crippen LogP contribution in [-0.2, 0) is 9.53 Å². The first-order valence-corrected chi connectivity index (χ1v) is 11.7. The molecule has 3 heterocycles. The van der Waals surface area contributed by atoms with Crippen LogP contribution in [-0.4, -0.2) is 36.2 Å². The third kappa shape index (κ3) is 3.95. The predicted octanol–water partition coefficient (Wildman–Crippen LogP) is 2.24. The van der Waals surface area contributed by atoms with Gasteiger partial charge in [-0.05, 0) is 55.3 Å². The standard InChI is InChI=1S/C25H22N2O7S/c1-4-32-24(30)21-13(2)26-25-27(22(21)15-6-8-18-19(11-15)34-12-33-18)23(29)20(35-25)10-14-5-7-17(31-3)16(28)9-14/h5-11,22,28H,4,12H2,1-3H3/b20-10+/t22-/m0/s1. The number of hydrogen-bond acceptors (Lipinski definition) is 9. The molecule has 0 spiro atoms. The summed E-state index contributed by atoms with van der Waals surface area (Å²) < 4.78 is 23.3. The Morgan fingerprint density at radius 1 is 1.26 bits per heavy atom. The maximum atomic E-state index is 13.6. The van der Waals surface area contributed by atoms with E-state index in [1.165, 1.54) is 29.1 Å². The summed E-state index contributed by atoms with van der Waals surface area (Å²) in [6, 6.07) is 9.44. The number of phenols is 1. The lowest BCUT2D eigenvalue weighted by atomic mass is 9.95. The van der Waals surface area contributed by atoms with Gasteiger partial charge < -0.3 is 24.1 Å². The van der Waals surface area contributed by atoms with E-state index in [1.54, 1.807) is 50.3 Å². The second-order valence-electron chi connectivity index (χ2n) is 7.85. The largest absolute Gasteiger partial charge is 0.504 e. The Bertz CT molecular complexity index is 1550. The lowest BCUT2D eigenvalue weighted by molar-refractivity contribution is -0.139. The van der Waals surface area contributed by atoms with Crippen LogP contribution in [0.25, 0.3) is 6.08 Å². The van der Waals surface area contributed by atoms with Gasteiger partial charge in [0, 0.05) is 0 Å². The van der Waals surface area contributed by atoms with Crippen LogP contribution < -0.4 is 29.1 Å². The van der Waals surface area contributed by atoms with Crippen LogP contribution in [0.4, 0.5) is 0 Å². The number of esters is 1. The molecule has 0 fully saturated rings. The topological polar surface area (TPSA) is 109 Å². The summed E-state index contributed by atoms with van der Waals surface area (Å²) in [5, 5.41) is 10.1. The van der Waals surface area contributed by atoms with Crippen molar-refractivity contribution in [3.8, 4) is 23.0 Å². The zero-order valence-electron chi connectivity index (χ0n) is 19.2. The van der Waals surface area contributed by atoms with E-state index in [9.17, 15) is 14.7 Å². The number of hydrogen-bond donors (Lipinski definition) is 1. The van der Waals surface area contributed by atoms with Crippen LogP contribution in [0.2, 0.25) is 0 Å². The highest BCUT2D eigenvalue weighted by atomic mass is 32.1. The molecule has 0 bridgehead atoms. The molecule has 1 atom stereocenters. The highest BCUT2D eigenvalue weighted by Crippen LogP contribution is 2.38. The van der Waals surface area contributed by atoms with Crippen LogP contribution >= 0.6 is 11.3 Å². The maximum Gasteiger partial charge on any atom is 0.338 e. The summed E-state index contributed by atoms with van der Waals surface area (Å²) in [7, 11) is 1.46. The second-order valence-corrected chi connectivity index (χ2v) is 8.86. The SMILES string of the molecule is CCOC(=O)C1=C(C)N=c2s/c(=C/c3ccc(OC)c(O)c3)c(=O)n2[C@H]1c1ccc2c(c1)OCO2. The first-order valence-electron chi connectivity index (χ1n) is 10.9. The molecule has 0 saturated carbocycles. The molecule has 180 valence electrons. The summed E-state index contributed by atoms with van der Waals surface area (Å²) in [6.45, 7) is 3.75. The summed E-state index contributed by atoms with van der Waals surface area (Å²) in [5.41, 5.74) is 1.73. The number of aromatic nitrogens is 1. The van der Waals surface area contributed by atoms with Crippen molar-refractivity contribution in [2.45, 2.75) is 19.9 Å². The molecule has 0 unspecified atom stereocenters. The van der Waals surface area contributed by atoms with E-state index in [-0.39, 0.29) is 30.3 Å². The molecule has 3 aromatic rings. The van der Waals surface area contributed by atoms with Crippen molar-refractivity contribution in [3.63, 3.8) is 0 Å². The average molecular weight is 495 g/mol. The van der Waals surface area contributed by atoms with Crippen molar-refractivity contribution in [3.05, 3.63) is 78.5 Å². The third-order valence-corrected chi connectivity index (χ3v) is 6.71. The van der Waals surface area contributed by atoms with Crippen molar-refractivity contribution < 1.29 is 28.8 Å². The van der Waals surface area contributed by atoms with E-state index in [0.29, 0.717) is 43.4 Å². The van der Waals surface area contributed by atoms with Crippen molar-refractivity contribution in [2.24, 2.45) is 4.99 Å². The number of rotatable bonds is 5. The molecule has 10 heteroatoms. The van der Waals surface area contributed by atoms with Crippen LogP contribution in [0.3, 0.4) is 0 Å². The number of thiazole rings is 1. The minimum atomic E-state index is -0.758. The molecular formula is C25H22N2O7S. The highest BCUT2D eigenvalue weighted by molar-refractivity contribution is 7.07. The summed E-state index contributed by atoms with van der Waals surface area (Å²) in [6.07, 6.45) is 1.67. The number of methoxy groups -OCH3 is 1. The van der Waals surface area contributed by atoms with Gasteiger partial charge in [0.1, 0.15) is 0 Å². The highest BCUT2D eigenvalue weighted by Gasteiger charge is 2.34. The molecule has 35 heavy (non-hydrogen) atoms. The fourth-order valence-corrected chi connectivity index (χ4v) is 5.18. The van der Waals surface area contributed by atoms with E-state index in [2.05, 4.69) is 4.99 Å². The number of ether oxygens (including phenoxy) is 4. The lowest BCUT2D eigenvalue weighted by Crippen LogP contribution is -2.39. The fourth-order valence-electron chi connectivity index (χ4n) is 4.14.